The van der Waals surface area contributed by atoms with Crippen LogP contribution in [0.4, 0.5) is 4.39 Å². The van der Waals surface area contributed by atoms with Gasteiger partial charge in [-0.1, -0.05) is 12.1 Å². The van der Waals surface area contributed by atoms with E-state index >= 15 is 0 Å². The number of piperazine rings is 1. The fourth-order valence-corrected chi connectivity index (χ4v) is 3.06. The summed E-state index contributed by atoms with van der Waals surface area (Å²) in [6.45, 7) is 4.91. The van der Waals surface area contributed by atoms with Crippen molar-refractivity contribution in [3.05, 3.63) is 59.2 Å². The van der Waals surface area contributed by atoms with E-state index in [1.807, 2.05) is 17.9 Å². The highest BCUT2D eigenvalue weighted by atomic mass is 19.1. The number of hydrogen-bond donors (Lipinski definition) is 1. The van der Waals surface area contributed by atoms with Crippen molar-refractivity contribution >= 4 is 5.91 Å². The Hall–Kier alpha value is -2.65. The minimum Gasteiger partial charge on any atom is -0.356 e. The monoisotopic (exact) mass is 326 g/mol. The number of carbonyl (C=O) groups is 1. The third kappa shape index (κ3) is 3.47. The molecule has 1 fully saturated rings. The molecule has 6 heteroatoms. The first-order chi connectivity index (χ1) is 11.6. The Morgan fingerprint density at radius 2 is 2.12 bits per heavy atom. The summed E-state index contributed by atoms with van der Waals surface area (Å²) in [6.07, 6.45) is 1.54. The minimum absolute atomic E-state index is 0.0699. The van der Waals surface area contributed by atoms with Crippen LogP contribution in [0, 0.1) is 17.1 Å². The van der Waals surface area contributed by atoms with Crippen LogP contribution in [0.15, 0.2) is 36.5 Å². The van der Waals surface area contributed by atoms with Crippen molar-refractivity contribution in [3.8, 4) is 6.07 Å². The molecule has 0 aliphatic carbocycles. The van der Waals surface area contributed by atoms with E-state index in [9.17, 15) is 9.18 Å². The summed E-state index contributed by atoms with van der Waals surface area (Å²) in [4.78, 5) is 19.5. The van der Waals surface area contributed by atoms with Gasteiger partial charge in [0.05, 0.1) is 5.56 Å². The second-order valence-corrected chi connectivity index (χ2v) is 6.12. The predicted octanol–water partition coefficient (Wildman–Crippen LogP) is 2.37. The summed E-state index contributed by atoms with van der Waals surface area (Å²) in [7, 11) is 0. The first-order valence-electron chi connectivity index (χ1n) is 7.93. The molecular weight excluding hydrogens is 307 g/mol. The van der Waals surface area contributed by atoms with Crippen LogP contribution < -0.4 is 0 Å². The highest BCUT2D eigenvalue weighted by molar-refractivity contribution is 5.93. The lowest BCUT2D eigenvalue weighted by molar-refractivity contribution is 0.0470. The van der Waals surface area contributed by atoms with Gasteiger partial charge in [-0.3, -0.25) is 9.69 Å². The Bertz CT molecular complexity index is 762. The Balaban J connectivity index is 1.61. The fraction of sp³-hybridized carbons (Fsp3) is 0.333. The number of nitrogens with zero attached hydrogens (tertiary/aromatic N) is 3. The molecule has 2 heterocycles. The van der Waals surface area contributed by atoms with Crippen LogP contribution in [0.1, 0.15) is 28.5 Å². The lowest BCUT2D eigenvalue weighted by atomic mass is 10.1. The highest BCUT2D eigenvalue weighted by Gasteiger charge is 2.28. The van der Waals surface area contributed by atoms with Crippen LogP contribution in [-0.2, 0) is 6.54 Å². The van der Waals surface area contributed by atoms with Crippen molar-refractivity contribution in [1.29, 1.82) is 5.26 Å². The summed E-state index contributed by atoms with van der Waals surface area (Å²) in [5.41, 5.74) is 1.97. The van der Waals surface area contributed by atoms with Gasteiger partial charge in [0.25, 0.3) is 5.91 Å². The Morgan fingerprint density at radius 1 is 1.38 bits per heavy atom. The van der Waals surface area contributed by atoms with Crippen molar-refractivity contribution in [2.24, 2.45) is 0 Å². The zero-order valence-corrected chi connectivity index (χ0v) is 13.5. The molecule has 124 valence electrons. The Kier molecular flexibility index (Phi) is 4.63. The van der Waals surface area contributed by atoms with Gasteiger partial charge in [0.15, 0.2) is 0 Å². The van der Waals surface area contributed by atoms with Gasteiger partial charge in [0.2, 0.25) is 0 Å². The summed E-state index contributed by atoms with van der Waals surface area (Å²) >= 11 is 0. The maximum Gasteiger partial charge on any atom is 0.270 e. The standard InChI is InChI=1S/C18H19FN4O/c1-13-11-22(12-14-2-4-16(19)5-3-14)6-7-23(13)18(24)17-8-15(9-20)10-21-17/h2-5,8,10,13,21H,6-7,11-12H2,1H3. The third-order valence-electron chi connectivity index (χ3n) is 4.33. The summed E-state index contributed by atoms with van der Waals surface area (Å²) < 4.78 is 13.0. The van der Waals surface area contributed by atoms with Gasteiger partial charge in [-0.25, -0.2) is 4.39 Å². The molecule has 0 spiro atoms. The van der Waals surface area contributed by atoms with Crippen molar-refractivity contribution in [1.82, 2.24) is 14.8 Å². The summed E-state index contributed by atoms with van der Waals surface area (Å²) in [5, 5.41) is 8.86. The molecule has 1 aliphatic heterocycles. The van der Waals surface area contributed by atoms with E-state index < -0.39 is 0 Å². The van der Waals surface area contributed by atoms with E-state index in [-0.39, 0.29) is 17.8 Å². The van der Waals surface area contributed by atoms with Crippen molar-refractivity contribution in [2.45, 2.75) is 19.5 Å². The molecule has 1 aromatic carbocycles. The van der Waals surface area contributed by atoms with Gasteiger partial charge >= 0.3 is 0 Å². The number of nitrogens with one attached hydrogen (secondary N) is 1. The lowest BCUT2D eigenvalue weighted by Crippen LogP contribution is -2.53. The minimum atomic E-state index is -0.231. The Labute approximate surface area is 140 Å². The first kappa shape index (κ1) is 16.2. The molecule has 1 aromatic heterocycles. The van der Waals surface area contributed by atoms with E-state index in [0.29, 0.717) is 17.8 Å². The Morgan fingerprint density at radius 3 is 2.75 bits per heavy atom. The molecule has 1 atom stereocenters. The van der Waals surface area contributed by atoms with Gasteiger partial charge in [-0.05, 0) is 30.7 Å². The van der Waals surface area contributed by atoms with Crippen molar-refractivity contribution in [2.75, 3.05) is 19.6 Å². The zero-order chi connectivity index (χ0) is 17.1. The van der Waals surface area contributed by atoms with E-state index in [0.717, 1.165) is 25.2 Å². The normalized spacial score (nSPS) is 18.4. The molecule has 1 N–H and O–H groups in total. The molecular formula is C18H19FN4O. The molecule has 0 bridgehead atoms. The number of H-pyrrole nitrogens is 1. The fourth-order valence-electron chi connectivity index (χ4n) is 3.06. The molecule has 1 aliphatic rings. The van der Waals surface area contributed by atoms with Gasteiger partial charge in [0.1, 0.15) is 17.6 Å². The quantitative estimate of drug-likeness (QED) is 0.942. The molecule has 1 unspecified atom stereocenters. The first-order valence-corrected chi connectivity index (χ1v) is 7.93. The van der Waals surface area contributed by atoms with Crippen molar-refractivity contribution < 1.29 is 9.18 Å². The molecule has 2 aromatic rings. The van der Waals surface area contributed by atoms with E-state index in [1.54, 1.807) is 24.4 Å². The average molecular weight is 326 g/mol. The molecule has 1 amide bonds. The second kappa shape index (κ2) is 6.85. The van der Waals surface area contributed by atoms with Crippen LogP contribution >= 0.6 is 0 Å². The number of halogens is 1. The second-order valence-electron chi connectivity index (χ2n) is 6.12. The SMILES string of the molecule is CC1CN(Cc2ccc(F)cc2)CCN1C(=O)c1cc(C#N)c[nH]1. The number of nitriles is 1. The number of benzene rings is 1. The van der Waals surface area contributed by atoms with E-state index in [2.05, 4.69) is 9.88 Å². The number of rotatable bonds is 3. The number of hydrogen-bond acceptors (Lipinski definition) is 3. The maximum absolute atomic E-state index is 13.0. The van der Waals surface area contributed by atoms with E-state index in [1.165, 1.54) is 12.1 Å². The van der Waals surface area contributed by atoms with Crippen LogP contribution in [0.5, 0.6) is 0 Å². The lowest BCUT2D eigenvalue weighted by Gasteiger charge is -2.39. The summed E-state index contributed by atoms with van der Waals surface area (Å²) in [5.74, 6) is -0.310. The largest absolute Gasteiger partial charge is 0.356 e. The third-order valence-corrected chi connectivity index (χ3v) is 4.33. The molecule has 5 nitrogen and oxygen atoms in total. The number of amides is 1. The molecule has 0 radical (unpaired) electrons. The average Bonchev–Trinajstić information content (AvgIpc) is 3.06. The molecule has 3 rings (SSSR count). The molecule has 1 saturated heterocycles. The van der Waals surface area contributed by atoms with E-state index in [4.69, 9.17) is 5.26 Å². The topological polar surface area (TPSA) is 63.1 Å². The van der Waals surface area contributed by atoms with Gasteiger partial charge < -0.3 is 9.88 Å². The molecule has 0 saturated carbocycles. The number of carbonyl (C=O) groups excluding carboxylic acids is 1. The van der Waals surface area contributed by atoms with Crippen LogP contribution in [0.2, 0.25) is 0 Å². The summed E-state index contributed by atoms with van der Waals surface area (Å²) in [6, 6.07) is 10.2. The van der Waals surface area contributed by atoms with Crippen LogP contribution in [0.3, 0.4) is 0 Å². The van der Waals surface area contributed by atoms with Crippen LogP contribution in [0.25, 0.3) is 0 Å². The smallest absolute Gasteiger partial charge is 0.270 e. The highest BCUT2D eigenvalue weighted by Crippen LogP contribution is 2.16. The molecule has 24 heavy (non-hydrogen) atoms. The number of aromatic amines is 1. The van der Waals surface area contributed by atoms with Crippen LogP contribution in [-0.4, -0.2) is 46.4 Å². The number of aromatic nitrogens is 1. The zero-order valence-electron chi connectivity index (χ0n) is 13.5. The maximum atomic E-state index is 13.0. The van der Waals surface area contributed by atoms with Gasteiger partial charge in [-0.2, -0.15) is 5.26 Å². The van der Waals surface area contributed by atoms with Crippen molar-refractivity contribution in [3.63, 3.8) is 0 Å². The van der Waals surface area contributed by atoms with Gasteiger partial charge in [-0.15, -0.1) is 0 Å². The predicted molar refractivity (Wildman–Crippen MR) is 87.7 cm³/mol. The van der Waals surface area contributed by atoms with Gasteiger partial charge in [0, 0.05) is 38.4 Å².